The van der Waals surface area contributed by atoms with Crippen LogP contribution in [0.2, 0.25) is 0 Å². The lowest BCUT2D eigenvalue weighted by Crippen LogP contribution is -2.37. The van der Waals surface area contributed by atoms with Crippen molar-refractivity contribution in [3.8, 4) is 5.75 Å². The molecule has 2 heterocycles. The largest absolute Gasteiger partial charge is 0.497 e. The van der Waals surface area contributed by atoms with Crippen LogP contribution in [0.15, 0.2) is 29.2 Å². The van der Waals surface area contributed by atoms with Gasteiger partial charge in [0.15, 0.2) is 0 Å². The highest BCUT2D eigenvalue weighted by Gasteiger charge is 2.35. The van der Waals surface area contributed by atoms with Crippen LogP contribution in [0, 0.1) is 0 Å². The molecule has 1 amide bonds. The summed E-state index contributed by atoms with van der Waals surface area (Å²) in [6, 6.07) is 4.75. The predicted octanol–water partition coefficient (Wildman–Crippen LogP) is -0.0470. The smallest absolute Gasteiger partial charge is 0.291 e. The summed E-state index contributed by atoms with van der Waals surface area (Å²) in [5.41, 5.74) is 0.870. The lowest BCUT2D eigenvalue weighted by atomic mass is 9.98. The lowest BCUT2D eigenvalue weighted by Gasteiger charge is -2.21. The predicted molar refractivity (Wildman–Crippen MR) is 118 cm³/mol. The zero-order valence-corrected chi connectivity index (χ0v) is 18.7. The number of aliphatic hydroxyl groups excluding tert-OH is 1. The summed E-state index contributed by atoms with van der Waals surface area (Å²) in [5, 5.41) is 15.5. The molecular weight excluding hydrogens is 412 g/mol. The Morgan fingerprint density at radius 2 is 1.97 bits per heavy atom. The zero-order valence-electron chi connectivity index (χ0n) is 16.4. The Balaban J connectivity index is 1.93. The lowest BCUT2D eigenvalue weighted by molar-refractivity contribution is -0.117. The number of ether oxygens (including phenoxy) is 2. The van der Waals surface area contributed by atoms with E-state index in [0.717, 1.165) is 21.9 Å². The van der Waals surface area contributed by atoms with E-state index in [1.807, 2.05) is 12.1 Å². The third-order valence-electron chi connectivity index (χ3n) is 5.04. The van der Waals surface area contributed by atoms with Crippen LogP contribution in [0.3, 0.4) is 0 Å². The summed E-state index contributed by atoms with van der Waals surface area (Å²) >= 11 is 0. The van der Waals surface area contributed by atoms with E-state index in [1.165, 1.54) is 29.0 Å². The van der Waals surface area contributed by atoms with Crippen molar-refractivity contribution in [1.82, 2.24) is 9.78 Å². The molecule has 1 N–H and O–H groups in total. The second-order valence-corrected chi connectivity index (χ2v) is 8.13. The Kier molecular flexibility index (Phi) is 7.01. The van der Waals surface area contributed by atoms with Gasteiger partial charge < -0.3 is 19.5 Å². The maximum Gasteiger partial charge on any atom is 0.291 e. The number of hydrogen-bond donors (Lipinski definition) is 1. The summed E-state index contributed by atoms with van der Waals surface area (Å²) < 4.78 is 11.5. The first-order valence-corrected chi connectivity index (χ1v) is 10.3. The summed E-state index contributed by atoms with van der Waals surface area (Å²) in [6.07, 6.45) is 1.77. The second kappa shape index (κ2) is 9.31. The highest BCUT2D eigenvalue weighted by Crippen LogP contribution is 2.31. The second-order valence-electron chi connectivity index (χ2n) is 6.88. The van der Waals surface area contributed by atoms with Gasteiger partial charge in [-0.05, 0) is 34.4 Å². The van der Waals surface area contributed by atoms with Gasteiger partial charge in [0.1, 0.15) is 17.5 Å². The summed E-state index contributed by atoms with van der Waals surface area (Å²) in [5.74, 6) is 0.568. The quantitative estimate of drug-likeness (QED) is 0.611. The standard InChI is InChI=1S/C19H25N3O5P2/c1-26-10-12(9-23)22-19(25)14(3-4-20-22)21-8-11(5-17(21)24)18-15(28)6-13(27-2)7-16(18)29/h3-4,6-7,11-12,23H,5,8-10,28-29H2,1-2H3/t11-,12?/m0/s1. The number of carbonyl (C=O) groups is 1. The van der Waals surface area contributed by atoms with Gasteiger partial charge in [0.05, 0.1) is 20.3 Å². The average molecular weight is 437 g/mol. The molecule has 0 radical (unpaired) electrons. The van der Waals surface area contributed by atoms with E-state index in [1.54, 1.807) is 7.11 Å². The molecule has 0 bridgehead atoms. The van der Waals surface area contributed by atoms with Crippen LogP contribution < -0.4 is 25.8 Å². The van der Waals surface area contributed by atoms with E-state index in [9.17, 15) is 14.7 Å². The van der Waals surface area contributed by atoms with Gasteiger partial charge in [-0.15, -0.1) is 18.5 Å². The maximum absolute atomic E-state index is 13.0. The van der Waals surface area contributed by atoms with Gasteiger partial charge in [0.2, 0.25) is 5.91 Å². The molecule has 1 saturated heterocycles. The van der Waals surface area contributed by atoms with Gasteiger partial charge in [0.25, 0.3) is 5.56 Å². The minimum absolute atomic E-state index is 0.0537. The van der Waals surface area contributed by atoms with E-state index in [2.05, 4.69) is 23.6 Å². The van der Waals surface area contributed by atoms with Crippen molar-refractivity contribution in [1.29, 1.82) is 0 Å². The van der Waals surface area contributed by atoms with Gasteiger partial charge in [-0.2, -0.15) is 5.10 Å². The fourth-order valence-corrected chi connectivity index (χ4v) is 4.97. The minimum Gasteiger partial charge on any atom is -0.497 e. The average Bonchev–Trinajstić information content (AvgIpc) is 3.06. The number of nitrogens with zero attached hydrogens (tertiary/aromatic N) is 3. The molecule has 1 aromatic carbocycles. The molecule has 0 aliphatic carbocycles. The van der Waals surface area contributed by atoms with E-state index in [4.69, 9.17) is 9.47 Å². The molecule has 8 nitrogen and oxygen atoms in total. The highest BCUT2D eigenvalue weighted by atomic mass is 31.0. The fraction of sp³-hybridized carbons (Fsp3) is 0.421. The molecule has 1 aromatic heterocycles. The number of amides is 1. The molecule has 1 aliphatic heterocycles. The van der Waals surface area contributed by atoms with E-state index in [-0.39, 0.29) is 30.7 Å². The fourth-order valence-electron chi connectivity index (χ4n) is 3.67. The van der Waals surface area contributed by atoms with Gasteiger partial charge in [0, 0.05) is 32.2 Å². The Bertz CT molecular complexity index is 942. The first-order valence-electron chi connectivity index (χ1n) is 9.12. The number of methoxy groups -OCH3 is 2. The molecule has 1 aliphatic rings. The van der Waals surface area contributed by atoms with Crippen molar-refractivity contribution in [2.45, 2.75) is 18.4 Å². The Morgan fingerprint density at radius 1 is 1.28 bits per heavy atom. The molecule has 4 atom stereocenters. The molecule has 3 rings (SSSR count). The van der Waals surface area contributed by atoms with Crippen LogP contribution in [0.25, 0.3) is 0 Å². The number of hydrogen-bond acceptors (Lipinski definition) is 6. The molecule has 0 spiro atoms. The summed E-state index contributed by atoms with van der Waals surface area (Å²) in [6.45, 7) is 0.239. The van der Waals surface area contributed by atoms with Crippen LogP contribution in [-0.4, -0.2) is 54.8 Å². The zero-order chi connectivity index (χ0) is 21.1. The van der Waals surface area contributed by atoms with Gasteiger partial charge in [-0.1, -0.05) is 0 Å². The van der Waals surface area contributed by atoms with Gasteiger partial charge in [-0.25, -0.2) is 4.68 Å². The van der Waals surface area contributed by atoms with Crippen LogP contribution in [0.4, 0.5) is 5.69 Å². The number of aliphatic hydroxyl groups is 1. The van der Waals surface area contributed by atoms with Crippen LogP contribution in [0.5, 0.6) is 5.75 Å². The van der Waals surface area contributed by atoms with Crippen LogP contribution in [-0.2, 0) is 9.53 Å². The number of carbonyl (C=O) groups excluding carboxylic acids is 1. The number of rotatable bonds is 7. The Labute approximate surface area is 173 Å². The topological polar surface area (TPSA) is 93.9 Å². The molecule has 2 aromatic rings. The van der Waals surface area contributed by atoms with Crippen molar-refractivity contribution < 1.29 is 19.4 Å². The Hall–Kier alpha value is -1.85. The van der Waals surface area contributed by atoms with Crippen molar-refractivity contribution in [2.24, 2.45) is 0 Å². The minimum atomic E-state index is -0.611. The molecule has 3 unspecified atom stereocenters. The molecule has 156 valence electrons. The van der Waals surface area contributed by atoms with Crippen molar-refractivity contribution >= 4 is 40.7 Å². The number of anilines is 1. The SMILES string of the molecule is COCC(CO)n1nccc(N2C[C@@H](c3c(P)cc(OC)cc3P)CC2=O)c1=O. The van der Waals surface area contributed by atoms with E-state index < -0.39 is 11.6 Å². The number of aromatic nitrogens is 2. The molecule has 0 saturated carbocycles. The molecular formula is C19H25N3O5P2. The van der Waals surface area contributed by atoms with Crippen molar-refractivity contribution in [2.75, 3.05) is 38.9 Å². The maximum atomic E-state index is 13.0. The third kappa shape index (κ3) is 4.36. The van der Waals surface area contributed by atoms with E-state index in [0.29, 0.717) is 13.0 Å². The number of benzene rings is 1. The first kappa shape index (κ1) is 21.8. The third-order valence-corrected chi connectivity index (χ3v) is 6.00. The molecule has 1 fully saturated rings. The summed E-state index contributed by atoms with van der Waals surface area (Å²) in [7, 11) is 8.50. The highest BCUT2D eigenvalue weighted by molar-refractivity contribution is 7.29. The van der Waals surface area contributed by atoms with Crippen LogP contribution >= 0.6 is 18.5 Å². The van der Waals surface area contributed by atoms with Gasteiger partial charge in [-0.3, -0.25) is 9.59 Å². The van der Waals surface area contributed by atoms with Crippen molar-refractivity contribution in [3.63, 3.8) is 0 Å². The normalized spacial score (nSPS) is 17.6. The molecule has 29 heavy (non-hydrogen) atoms. The van der Waals surface area contributed by atoms with Crippen molar-refractivity contribution in [3.05, 3.63) is 40.3 Å². The Morgan fingerprint density at radius 3 is 2.55 bits per heavy atom. The van der Waals surface area contributed by atoms with Crippen LogP contribution in [0.1, 0.15) is 23.9 Å². The first-order chi connectivity index (χ1) is 13.9. The van der Waals surface area contributed by atoms with Gasteiger partial charge >= 0.3 is 0 Å². The molecule has 10 heteroatoms. The summed E-state index contributed by atoms with van der Waals surface area (Å²) in [4.78, 5) is 27.2. The van der Waals surface area contributed by atoms with E-state index >= 15 is 0 Å². The monoisotopic (exact) mass is 437 g/mol.